The van der Waals surface area contributed by atoms with Gasteiger partial charge in [0.15, 0.2) is 0 Å². The molecule has 3 heterocycles. The van der Waals surface area contributed by atoms with Gasteiger partial charge in [0.25, 0.3) is 10.9 Å². The van der Waals surface area contributed by atoms with Crippen LogP contribution in [0.4, 0.5) is 34.6 Å². The second kappa shape index (κ2) is 12.8. The molecule has 2 fully saturated rings. The molecule has 2 aromatic carbocycles. The molecule has 6 N–H and O–H groups in total. The Balaban J connectivity index is 0.000000648. The van der Waals surface area contributed by atoms with Gasteiger partial charge in [0, 0.05) is 56.0 Å². The van der Waals surface area contributed by atoms with Crippen molar-refractivity contribution in [2.75, 3.05) is 65.0 Å². The number of phosphoric acid groups is 1. The Morgan fingerprint density at radius 2 is 1.36 bits per heavy atom. The van der Waals surface area contributed by atoms with Crippen LogP contribution in [0.25, 0.3) is 0 Å². The van der Waals surface area contributed by atoms with E-state index in [0.29, 0.717) is 29.5 Å². The molecule has 0 bridgehead atoms. The predicted molar refractivity (Wildman–Crippen MR) is 152 cm³/mol. The fraction of sp³-hybridized carbons (Fsp3) is 0.417. The standard InChI is InChI=1S/C24H28ClN7O2.H3O4P/c25-16-5-7-17(8-6-16)28-21-20(22(33)23(21)34)27-10-9-26-18-15-19(31-11-1-2-12-31)30-24(29-18)32-13-3-4-14-32;1-5(2,3)4/h5-8,15,27-28H,1-4,9-14H2,(H,26,29,30);(H3,1,2,3,4). The highest BCUT2D eigenvalue weighted by atomic mass is 35.5. The zero-order valence-corrected chi connectivity index (χ0v) is 22.8. The molecule has 0 atom stereocenters. The van der Waals surface area contributed by atoms with E-state index in [9.17, 15) is 9.59 Å². The minimum absolute atomic E-state index is 0.280. The molecule has 2 aliphatic rings. The molecule has 2 saturated heterocycles. The van der Waals surface area contributed by atoms with Crippen LogP contribution in [0, 0.1) is 0 Å². The van der Waals surface area contributed by atoms with Gasteiger partial charge in [0.05, 0.1) is 0 Å². The molecule has 5 rings (SSSR count). The van der Waals surface area contributed by atoms with E-state index in [2.05, 4.69) is 25.8 Å². The predicted octanol–water partition coefficient (Wildman–Crippen LogP) is 2.27. The number of hydrogen-bond acceptors (Lipinski definition) is 10. The normalized spacial score (nSPS) is 15.3. The molecule has 39 heavy (non-hydrogen) atoms. The smallest absolute Gasteiger partial charge is 0.378 e. The number of halogens is 1. The highest BCUT2D eigenvalue weighted by Gasteiger charge is 2.22. The van der Waals surface area contributed by atoms with Crippen molar-refractivity contribution >= 4 is 54.1 Å². The first kappa shape index (κ1) is 28.8. The van der Waals surface area contributed by atoms with Gasteiger partial charge < -0.3 is 40.4 Å². The van der Waals surface area contributed by atoms with Gasteiger partial charge in [-0.15, -0.1) is 0 Å². The Labute approximate surface area is 229 Å². The molecule has 210 valence electrons. The van der Waals surface area contributed by atoms with E-state index < -0.39 is 18.7 Å². The molecule has 0 aliphatic carbocycles. The number of nitrogens with zero attached hydrogens (tertiary/aromatic N) is 4. The number of nitrogens with one attached hydrogen (secondary N) is 3. The van der Waals surface area contributed by atoms with Crippen molar-refractivity contribution in [3.8, 4) is 0 Å². The minimum Gasteiger partial charge on any atom is -0.378 e. The number of rotatable bonds is 9. The molecule has 15 heteroatoms. The summed E-state index contributed by atoms with van der Waals surface area (Å²) in [5, 5.41) is 10.0. The topological polar surface area (TPSA) is 180 Å². The lowest BCUT2D eigenvalue weighted by molar-refractivity contribution is 0.275. The maximum atomic E-state index is 12.1. The average molecular weight is 580 g/mol. The summed E-state index contributed by atoms with van der Waals surface area (Å²) in [6.45, 7) is 5.00. The summed E-state index contributed by atoms with van der Waals surface area (Å²) in [5.74, 6) is 2.50. The third-order valence-corrected chi connectivity index (χ3v) is 6.53. The van der Waals surface area contributed by atoms with Crippen molar-refractivity contribution in [2.45, 2.75) is 25.7 Å². The van der Waals surface area contributed by atoms with Crippen LogP contribution in [0.3, 0.4) is 0 Å². The Bertz CT molecular complexity index is 1340. The summed E-state index contributed by atoms with van der Waals surface area (Å²) in [4.78, 5) is 59.8. The lowest BCUT2D eigenvalue weighted by atomic mass is 10.1. The van der Waals surface area contributed by atoms with Crippen LogP contribution in [0.15, 0.2) is 39.9 Å². The van der Waals surface area contributed by atoms with Crippen molar-refractivity contribution in [2.24, 2.45) is 0 Å². The zero-order valence-electron chi connectivity index (χ0n) is 21.1. The molecule has 3 aromatic rings. The van der Waals surface area contributed by atoms with Crippen LogP contribution >= 0.6 is 19.4 Å². The second-order valence-corrected chi connectivity index (χ2v) is 10.7. The maximum absolute atomic E-state index is 12.1. The van der Waals surface area contributed by atoms with Gasteiger partial charge >= 0.3 is 7.82 Å². The lowest BCUT2D eigenvalue weighted by Gasteiger charge is -2.22. The van der Waals surface area contributed by atoms with Gasteiger partial charge in [-0.2, -0.15) is 9.97 Å². The van der Waals surface area contributed by atoms with E-state index in [-0.39, 0.29) is 5.69 Å². The summed E-state index contributed by atoms with van der Waals surface area (Å²) in [6.07, 6.45) is 4.70. The molecule has 0 unspecified atom stereocenters. The van der Waals surface area contributed by atoms with Crippen molar-refractivity contribution in [1.82, 2.24) is 9.97 Å². The fourth-order valence-corrected chi connectivity index (χ4v) is 4.54. The number of anilines is 6. The van der Waals surface area contributed by atoms with Crippen LogP contribution in [0.2, 0.25) is 5.02 Å². The van der Waals surface area contributed by atoms with E-state index in [1.807, 2.05) is 6.07 Å². The van der Waals surface area contributed by atoms with E-state index >= 15 is 0 Å². The molecule has 0 saturated carbocycles. The third-order valence-electron chi connectivity index (χ3n) is 6.28. The molecule has 13 nitrogen and oxygen atoms in total. The average Bonchev–Trinajstić information content (AvgIpc) is 3.62. The zero-order chi connectivity index (χ0) is 28.0. The summed E-state index contributed by atoms with van der Waals surface area (Å²) in [5.41, 5.74) is 0.252. The van der Waals surface area contributed by atoms with Crippen molar-refractivity contribution < 1.29 is 19.2 Å². The van der Waals surface area contributed by atoms with E-state index in [4.69, 9.17) is 40.8 Å². The van der Waals surface area contributed by atoms with Crippen LogP contribution in [0.1, 0.15) is 25.7 Å². The first-order chi connectivity index (χ1) is 18.6. The van der Waals surface area contributed by atoms with Gasteiger partial charge in [-0.25, -0.2) is 4.57 Å². The van der Waals surface area contributed by atoms with Crippen LogP contribution in [-0.2, 0) is 4.57 Å². The Hall–Kier alpha value is -3.22. The Kier molecular flexibility index (Phi) is 9.41. The quantitative estimate of drug-likeness (QED) is 0.123. The van der Waals surface area contributed by atoms with Gasteiger partial charge in [0.1, 0.15) is 23.0 Å². The van der Waals surface area contributed by atoms with Crippen LogP contribution < -0.4 is 36.6 Å². The highest BCUT2D eigenvalue weighted by molar-refractivity contribution is 7.45. The minimum atomic E-state index is -4.64. The van der Waals surface area contributed by atoms with E-state index in [1.165, 1.54) is 12.8 Å². The summed E-state index contributed by atoms with van der Waals surface area (Å²) in [7, 11) is -4.64. The van der Waals surface area contributed by atoms with Gasteiger partial charge in [-0.3, -0.25) is 9.59 Å². The fourth-order valence-electron chi connectivity index (χ4n) is 4.41. The largest absolute Gasteiger partial charge is 0.466 e. The SMILES string of the molecule is O=P(O)(O)O.O=c1c(NCCNc2cc(N3CCCC3)nc(N3CCCC3)n2)c(Nc2ccc(Cl)cc2)c1=O. The Morgan fingerprint density at radius 1 is 0.821 bits per heavy atom. The summed E-state index contributed by atoms with van der Waals surface area (Å²) in [6, 6.07) is 8.96. The molecular weight excluding hydrogens is 549 g/mol. The third kappa shape index (κ3) is 8.13. The van der Waals surface area contributed by atoms with Crippen molar-refractivity contribution in [3.05, 3.63) is 55.8 Å². The lowest BCUT2D eigenvalue weighted by Crippen LogP contribution is -2.37. The number of benzene rings is 1. The molecule has 0 radical (unpaired) electrons. The number of aromatic nitrogens is 2. The monoisotopic (exact) mass is 579 g/mol. The molecule has 2 aliphatic heterocycles. The summed E-state index contributed by atoms with van der Waals surface area (Å²) < 4.78 is 8.88. The molecular formula is C24H31ClN7O6P. The van der Waals surface area contributed by atoms with Gasteiger partial charge in [-0.1, -0.05) is 11.6 Å². The van der Waals surface area contributed by atoms with Gasteiger partial charge in [-0.05, 0) is 49.9 Å². The first-order valence-corrected chi connectivity index (χ1v) is 14.5. The molecule has 1 aromatic heterocycles. The van der Waals surface area contributed by atoms with Crippen molar-refractivity contribution in [3.63, 3.8) is 0 Å². The van der Waals surface area contributed by atoms with Crippen molar-refractivity contribution in [1.29, 1.82) is 0 Å². The highest BCUT2D eigenvalue weighted by Crippen LogP contribution is 2.27. The first-order valence-electron chi connectivity index (χ1n) is 12.6. The van der Waals surface area contributed by atoms with E-state index in [0.717, 1.165) is 56.6 Å². The second-order valence-electron chi connectivity index (χ2n) is 9.21. The van der Waals surface area contributed by atoms with Gasteiger partial charge in [0.2, 0.25) is 5.95 Å². The number of hydrogen-bond donors (Lipinski definition) is 6. The maximum Gasteiger partial charge on any atom is 0.466 e. The summed E-state index contributed by atoms with van der Waals surface area (Å²) >= 11 is 5.91. The Morgan fingerprint density at radius 3 is 1.97 bits per heavy atom. The van der Waals surface area contributed by atoms with Crippen LogP contribution in [-0.4, -0.2) is 63.9 Å². The molecule has 0 amide bonds. The molecule has 0 spiro atoms. The van der Waals surface area contributed by atoms with Crippen LogP contribution in [0.5, 0.6) is 0 Å². The van der Waals surface area contributed by atoms with E-state index in [1.54, 1.807) is 24.3 Å².